The van der Waals surface area contributed by atoms with Gasteiger partial charge in [-0.2, -0.15) is 0 Å². The molecule has 3 heteroatoms. The molecular weight excluding hydrogens is 757 g/mol. The number of hydrogen-bond donors (Lipinski definition) is 0. The Morgan fingerprint density at radius 3 is 1.75 bits per heavy atom. The third kappa shape index (κ3) is 6.01. The smallest absolute Gasteiger partial charge is 0.0547 e. The van der Waals surface area contributed by atoms with E-state index in [4.69, 9.17) is 0 Å². The Hall–Kier alpha value is -7.72. The molecule has 0 amide bonds. The highest BCUT2D eigenvalue weighted by Crippen LogP contribution is 2.43. The molecular formula is C58H38N2S. The Labute approximate surface area is 358 Å². The Morgan fingerprint density at radius 2 is 0.918 bits per heavy atom. The summed E-state index contributed by atoms with van der Waals surface area (Å²) in [6, 6.07) is 84.2. The second kappa shape index (κ2) is 14.5. The van der Waals surface area contributed by atoms with Gasteiger partial charge in [0.1, 0.15) is 0 Å². The Kier molecular flexibility index (Phi) is 8.39. The molecule has 10 aromatic carbocycles. The van der Waals surface area contributed by atoms with E-state index in [-0.39, 0.29) is 0 Å². The summed E-state index contributed by atoms with van der Waals surface area (Å²) in [6.45, 7) is 0. The van der Waals surface area contributed by atoms with Crippen molar-refractivity contribution in [2.75, 3.05) is 4.90 Å². The zero-order valence-corrected chi connectivity index (χ0v) is 34.1. The van der Waals surface area contributed by atoms with Gasteiger partial charge in [-0.1, -0.05) is 158 Å². The van der Waals surface area contributed by atoms with E-state index in [9.17, 15) is 0 Å². The molecule has 2 nitrogen and oxygen atoms in total. The highest BCUT2D eigenvalue weighted by Gasteiger charge is 2.19. The predicted molar refractivity (Wildman–Crippen MR) is 262 cm³/mol. The molecule has 0 fully saturated rings. The van der Waals surface area contributed by atoms with Crippen LogP contribution in [0.4, 0.5) is 17.1 Å². The standard InChI is InChI=1S/C58H38N2S/c1-2-13-39(14-3-1)40-27-31-44(32-28-40)59(45-33-29-42(30-34-45)49-22-11-16-41-15-4-5-19-48(41)49)46-18-10-17-43(37-46)50-23-12-25-55-58(50)52-21-6-8-24-54(52)60(55)47-35-36-57-53(38-47)51-20-7-9-26-56(51)61-57/h1-38H. The van der Waals surface area contributed by atoms with Crippen LogP contribution in [0.25, 0.3) is 91.8 Å². The number of anilines is 3. The number of rotatable bonds is 7. The maximum Gasteiger partial charge on any atom is 0.0547 e. The van der Waals surface area contributed by atoms with E-state index in [1.807, 2.05) is 11.3 Å². The van der Waals surface area contributed by atoms with Crippen LogP contribution >= 0.6 is 11.3 Å². The zero-order valence-electron chi connectivity index (χ0n) is 33.2. The van der Waals surface area contributed by atoms with Gasteiger partial charge in [0.2, 0.25) is 0 Å². The number of para-hydroxylation sites is 1. The van der Waals surface area contributed by atoms with Crippen molar-refractivity contribution in [3.05, 3.63) is 231 Å². The van der Waals surface area contributed by atoms with Gasteiger partial charge in [-0.15, -0.1) is 11.3 Å². The molecule has 2 heterocycles. The highest BCUT2D eigenvalue weighted by atomic mass is 32.1. The number of hydrogen-bond acceptors (Lipinski definition) is 2. The molecule has 0 saturated carbocycles. The predicted octanol–water partition coefficient (Wildman–Crippen LogP) is 16.8. The lowest BCUT2D eigenvalue weighted by molar-refractivity contribution is 1.19. The minimum absolute atomic E-state index is 1.10. The molecule has 12 rings (SSSR count). The minimum atomic E-state index is 1.10. The van der Waals surface area contributed by atoms with Crippen LogP contribution in [0.5, 0.6) is 0 Å². The summed E-state index contributed by atoms with van der Waals surface area (Å²) in [6.07, 6.45) is 0. The molecule has 12 aromatic rings. The summed E-state index contributed by atoms with van der Waals surface area (Å²) in [5, 5.41) is 7.61. The van der Waals surface area contributed by atoms with Gasteiger partial charge in [0, 0.05) is 53.7 Å². The van der Waals surface area contributed by atoms with Crippen LogP contribution < -0.4 is 4.90 Å². The monoisotopic (exact) mass is 794 g/mol. The van der Waals surface area contributed by atoms with Crippen molar-refractivity contribution in [2.45, 2.75) is 0 Å². The van der Waals surface area contributed by atoms with Crippen molar-refractivity contribution >= 4 is 81.1 Å². The minimum Gasteiger partial charge on any atom is -0.310 e. The van der Waals surface area contributed by atoms with Gasteiger partial charge in [0.15, 0.2) is 0 Å². The molecule has 0 radical (unpaired) electrons. The molecule has 0 aliphatic rings. The maximum atomic E-state index is 2.45. The molecule has 0 atom stereocenters. The van der Waals surface area contributed by atoms with Crippen molar-refractivity contribution in [1.29, 1.82) is 0 Å². The van der Waals surface area contributed by atoms with E-state index in [2.05, 4.69) is 240 Å². The largest absolute Gasteiger partial charge is 0.310 e. The quantitative estimate of drug-likeness (QED) is 0.156. The lowest BCUT2D eigenvalue weighted by atomic mass is 9.97. The molecule has 0 bridgehead atoms. The highest BCUT2D eigenvalue weighted by molar-refractivity contribution is 7.25. The Bertz CT molecular complexity index is 3570. The molecule has 0 aliphatic carbocycles. The van der Waals surface area contributed by atoms with E-state index < -0.39 is 0 Å². The zero-order chi connectivity index (χ0) is 40.3. The fourth-order valence-electron chi connectivity index (χ4n) is 9.35. The van der Waals surface area contributed by atoms with E-state index in [0.29, 0.717) is 0 Å². The number of benzene rings is 10. The molecule has 2 aromatic heterocycles. The molecule has 0 saturated heterocycles. The number of fused-ring (bicyclic) bond motifs is 7. The van der Waals surface area contributed by atoms with Crippen LogP contribution in [0, 0.1) is 0 Å². The molecule has 0 aliphatic heterocycles. The number of nitrogens with zero attached hydrogens (tertiary/aromatic N) is 2. The van der Waals surface area contributed by atoms with E-state index >= 15 is 0 Å². The summed E-state index contributed by atoms with van der Waals surface area (Å²) in [7, 11) is 0. The van der Waals surface area contributed by atoms with Crippen LogP contribution in [-0.4, -0.2) is 4.57 Å². The summed E-state index contributed by atoms with van der Waals surface area (Å²) in [5.41, 5.74) is 14.1. The van der Waals surface area contributed by atoms with Gasteiger partial charge in [-0.3, -0.25) is 0 Å². The van der Waals surface area contributed by atoms with Gasteiger partial charge in [0.25, 0.3) is 0 Å². The average Bonchev–Trinajstić information content (AvgIpc) is 3.88. The SMILES string of the molecule is c1ccc(-c2ccc(N(c3ccc(-c4cccc5ccccc45)cc3)c3cccc(-c4cccc5c4c4ccccc4n5-c4ccc5sc6ccccc6c5c4)c3)cc2)cc1. The topological polar surface area (TPSA) is 8.17 Å². The molecule has 61 heavy (non-hydrogen) atoms. The van der Waals surface area contributed by atoms with E-state index in [1.54, 1.807) is 0 Å². The number of thiophene rings is 1. The first-order valence-corrected chi connectivity index (χ1v) is 21.6. The molecule has 0 spiro atoms. The molecule has 0 N–H and O–H groups in total. The lowest BCUT2D eigenvalue weighted by Crippen LogP contribution is -2.10. The van der Waals surface area contributed by atoms with Crippen LogP contribution in [0.2, 0.25) is 0 Å². The van der Waals surface area contributed by atoms with Crippen LogP contribution in [0.1, 0.15) is 0 Å². The van der Waals surface area contributed by atoms with Gasteiger partial charge >= 0.3 is 0 Å². The average molecular weight is 795 g/mol. The number of aromatic nitrogens is 1. The van der Waals surface area contributed by atoms with E-state index in [1.165, 1.54) is 91.8 Å². The Morgan fingerprint density at radius 1 is 0.328 bits per heavy atom. The molecule has 0 unspecified atom stereocenters. The maximum absolute atomic E-state index is 2.45. The summed E-state index contributed by atoms with van der Waals surface area (Å²) >= 11 is 1.86. The Balaban J connectivity index is 1.00. The van der Waals surface area contributed by atoms with Gasteiger partial charge in [-0.05, 0) is 117 Å². The van der Waals surface area contributed by atoms with Gasteiger partial charge in [0.05, 0.1) is 11.0 Å². The van der Waals surface area contributed by atoms with Crippen LogP contribution in [-0.2, 0) is 0 Å². The summed E-state index contributed by atoms with van der Waals surface area (Å²) in [5.74, 6) is 0. The third-order valence-electron chi connectivity index (χ3n) is 12.2. The lowest BCUT2D eigenvalue weighted by Gasteiger charge is -2.26. The van der Waals surface area contributed by atoms with Gasteiger partial charge in [-0.25, -0.2) is 0 Å². The van der Waals surface area contributed by atoms with Crippen LogP contribution in [0.3, 0.4) is 0 Å². The first-order chi connectivity index (χ1) is 30.2. The fourth-order valence-corrected chi connectivity index (χ4v) is 10.4. The van der Waals surface area contributed by atoms with Crippen molar-refractivity contribution in [1.82, 2.24) is 4.57 Å². The fraction of sp³-hybridized carbons (Fsp3) is 0. The van der Waals surface area contributed by atoms with Crippen molar-refractivity contribution < 1.29 is 0 Å². The first kappa shape index (κ1) is 35.2. The van der Waals surface area contributed by atoms with E-state index in [0.717, 1.165) is 17.1 Å². The van der Waals surface area contributed by atoms with Crippen molar-refractivity contribution in [2.24, 2.45) is 0 Å². The van der Waals surface area contributed by atoms with Gasteiger partial charge < -0.3 is 9.47 Å². The summed E-state index contributed by atoms with van der Waals surface area (Å²) < 4.78 is 5.08. The van der Waals surface area contributed by atoms with Crippen molar-refractivity contribution in [3.63, 3.8) is 0 Å². The second-order valence-corrected chi connectivity index (χ2v) is 16.8. The normalized spacial score (nSPS) is 11.6. The van der Waals surface area contributed by atoms with Crippen LogP contribution in [0.15, 0.2) is 231 Å². The second-order valence-electron chi connectivity index (χ2n) is 15.7. The third-order valence-corrected chi connectivity index (χ3v) is 13.3. The molecule has 286 valence electrons. The summed E-state index contributed by atoms with van der Waals surface area (Å²) in [4.78, 5) is 2.38. The first-order valence-electron chi connectivity index (χ1n) is 20.8. The van der Waals surface area contributed by atoms with Crippen molar-refractivity contribution in [3.8, 4) is 39.1 Å².